The first-order valence-electron chi connectivity index (χ1n) is 7.44. The highest BCUT2D eigenvalue weighted by molar-refractivity contribution is 5.77. The van der Waals surface area contributed by atoms with Crippen molar-refractivity contribution in [3.8, 4) is 0 Å². The zero-order valence-corrected chi connectivity index (χ0v) is 12.5. The Balaban J connectivity index is 1.52. The summed E-state index contributed by atoms with van der Waals surface area (Å²) in [6.45, 7) is 2.68. The number of H-pyrrole nitrogens is 1. The molecule has 0 bridgehead atoms. The van der Waals surface area contributed by atoms with E-state index in [0.717, 1.165) is 29.8 Å². The minimum Gasteiger partial charge on any atom is -0.346 e. The summed E-state index contributed by atoms with van der Waals surface area (Å²) in [4.78, 5) is 19.7. The predicted octanol–water partition coefficient (Wildman–Crippen LogP) is 2.42. The smallest absolute Gasteiger partial charge is 0.220 e. The number of nitrogens with one attached hydrogen (secondary N) is 2. The molecule has 3 aromatic rings. The molecule has 0 saturated heterocycles. The number of hydrogen-bond acceptors (Lipinski definition) is 3. The lowest BCUT2D eigenvalue weighted by atomic mass is 10.2. The van der Waals surface area contributed by atoms with E-state index in [1.165, 1.54) is 0 Å². The number of benzene rings is 1. The molecule has 1 aromatic carbocycles. The summed E-state index contributed by atoms with van der Waals surface area (Å²) in [7, 11) is 0. The van der Waals surface area contributed by atoms with Crippen LogP contribution in [0.5, 0.6) is 0 Å². The number of aromatic nitrogens is 4. The second kappa shape index (κ2) is 6.43. The molecule has 0 aliphatic rings. The number of para-hydroxylation sites is 2. The highest BCUT2D eigenvalue weighted by Gasteiger charge is 2.13. The van der Waals surface area contributed by atoms with E-state index >= 15 is 0 Å². The SMILES string of the molecule is CC(NC(=O)CCCn1cccn1)c1nc2ccccc2[nH]1. The Labute approximate surface area is 128 Å². The van der Waals surface area contributed by atoms with Crippen molar-refractivity contribution in [3.05, 3.63) is 48.5 Å². The van der Waals surface area contributed by atoms with Crippen LogP contribution < -0.4 is 5.32 Å². The van der Waals surface area contributed by atoms with E-state index < -0.39 is 0 Å². The highest BCUT2D eigenvalue weighted by atomic mass is 16.1. The molecule has 3 rings (SSSR count). The van der Waals surface area contributed by atoms with Gasteiger partial charge in [-0.15, -0.1) is 0 Å². The van der Waals surface area contributed by atoms with Crippen LogP contribution in [0.25, 0.3) is 11.0 Å². The summed E-state index contributed by atoms with van der Waals surface area (Å²) in [5, 5.41) is 7.09. The van der Waals surface area contributed by atoms with E-state index in [-0.39, 0.29) is 11.9 Å². The number of rotatable bonds is 6. The summed E-state index contributed by atoms with van der Waals surface area (Å²) in [6, 6.07) is 9.58. The van der Waals surface area contributed by atoms with Gasteiger partial charge in [0.1, 0.15) is 5.82 Å². The van der Waals surface area contributed by atoms with E-state index in [4.69, 9.17) is 0 Å². The van der Waals surface area contributed by atoms with Crippen molar-refractivity contribution in [1.29, 1.82) is 0 Å². The third kappa shape index (κ3) is 3.33. The van der Waals surface area contributed by atoms with Gasteiger partial charge in [-0.2, -0.15) is 5.10 Å². The third-order valence-electron chi connectivity index (χ3n) is 3.55. The predicted molar refractivity (Wildman–Crippen MR) is 84.1 cm³/mol. The summed E-state index contributed by atoms with van der Waals surface area (Å²) in [5.41, 5.74) is 1.90. The molecule has 0 spiro atoms. The van der Waals surface area contributed by atoms with Gasteiger partial charge >= 0.3 is 0 Å². The highest BCUT2D eigenvalue weighted by Crippen LogP contribution is 2.15. The lowest BCUT2D eigenvalue weighted by molar-refractivity contribution is -0.121. The molecule has 0 fully saturated rings. The van der Waals surface area contributed by atoms with Crippen LogP contribution in [0.4, 0.5) is 0 Å². The number of carbonyl (C=O) groups is 1. The van der Waals surface area contributed by atoms with Crippen molar-refractivity contribution in [2.24, 2.45) is 0 Å². The zero-order chi connectivity index (χ0) is 15.4. The molecule has 0 aliphatic carbocycles. The molecule has 6 nitrogen and oxygen atoms in total. The number of aromatic amines is 1. The van der Waals surface area contributed by atoms with Crippen LogP contribution in [-0.4, -0.2) is 25.7 Å². The van der Waals surface area contributed by atoms with Gasteiger partial charge in [-0.25, -0.2) is 4.98 Å². The van der Waals surface area contributed by atoms with Crippen LogP contribution in [0, 0.1) is 0 Å². The van der Waals surface area contributed by atoms with E-state index in [1.54, 1.807) is 6.20 Å². The van der Waals surface area contributed by atoms with Gasteiger partial charge in [0.2, 0.25) is 5.91 Å². The monoisotopic (exact) mass is 297 g/mol. The van der Waals surface area contributed by atoms with Crippen molar-refractivity contribution in [3.63, 3.8) is 0 Å². The second-order valence-electron chi connectivity index (χ2n) is 5.30. The summed E-state index contributed by atoms with van der Waals surface area (Å²) >= 11 is 0. The standard InChI is InChI=1S/C16H19N5O/c1-12(16-19-13-6-2-3-7-14(13)20-16)18-15(22)8-4-10-21-11-5-9-17-21/h2-3,5-7,9,11-12H,4,8,10H2,1H3,(H,18,22)(H,19,20). The number of carbonyl (C=O) groups excluding carboxylic acids is 1. The molecule has 0 radical (unpaired) electrons. The average molecular weight is 297 g/mol. The fourth-order valence-corrected chi connectivity index (χ4v) is 2.39. The molecule has 22 heavy (non-hydrogen) atoms. The fraction of sp³-hybridized carbons (Fsp3) is 0.312. The normalized spacial score (nSPS) is 12.4. The molecule has 2 aromatic heterocycles. The van der Waals surface area contributed by atoms with E-state index in [1.807, 2.05) is 48.1 Å². The van der Waals surface area contributed by atoms with Gasteiger partial charge in [0.25, 0.3) is 0 Å². The Kier molecular flexibility index (Phi) is 4.18. The van der Waals surface area contributed by atoms with Gasteiger partial charge in [0.15, 0.2) is 0 Å². The van der Waals surface area contributed by atoms with Gasteiger partial charge in [-0.1, -0.05) is 12.1 Å². The largest absolute Gasteiger partial charge is 0.346 e. The summed E-state index contributed by atoms with van der Waals surface area (Å²) in [5.74, 6) is 0.807. The van der Waals surface area contributed by atoms with Gasteiger partial charge in [-0.05, 0) is 31.5 Å². The number of hydrogen-bond donors (Lipinski definition) is 2. The number of imidazole rings is 1. The van der Waals surface area contributed by atoms with Gasteiger partial charge in [0.05, 0.1) is 17.1 Å². The van der Waals surface area contributed by atoms with Crippen LogP contribution in [0.3, 0.4) is 0 Å². The molecule has 1 amide bonds. The quantitative estimate of drug-likeness (QED) is 0.733. The van der Waals surface area contributed by atoms with Gasteiger partial charge in [-0.3, -0.25) is 9.48 Å². The Morgan fingerprint density at radius 1 is 1.36 bits per heavy atom. The minimum absolute atomic E-state index is 0.0279. The van der Waals surface area contributed by atoms with Gasteiger partial charge in [0, 0.05) is 25.4 Å². The maximum absolute atomic E-state index is 12.0. The summed E-state index contributed by atoms with van der Waals surface area (Å²) in [6.07, 6.45) is 4.88. The van der Waals surface area contributed by atoms with Crippen molar-refractivity contribution in [2.75, 3.05) is 0 Å². The van der Waals surface area contributed by atoms with Crippen LogP contribution in [0.15, 0.2) is 42.7 Å². The van der Waals surface area contributed by atoms with Crippen molar-refractivity contribution < 1.29 is 4.79 Å². The number of nitrogens with zero attached hydrogens (tertiary/aromatic N) is 3. The molecule has 6 heteroatoms. The topological polar surface area (TPSA) is 75.6 Å². The van der Waals surface area contributed by atoms with E-state index in [9.17, 15) is 4.79 Å². The van der Waals surface area contributed by atoms with Crippen LogP contribution in [0.2, 0.25) is 0 Å². The molecule has 1 unspecified atom stereocenters. The molecule has 0 saturated carbocycles. The van der Waals surface area contributed by atoms with E-state index in [0.29, 0.717) is 6.42 Å². The van der Waals surface area contributed by atoms with Crippen LogP contribution in [0.1, 0.15) is 31.6 Å². The first-order chi connectivity index (χ1) is 10.7. The Morgan fingerprint density at radius 2 is 2.23 bits per heavy atom. The average Bonchev–Trinajstić information content (AvgIpc) is 3.16. The van der Waals surface area contributed by atoms with Crippen molar-refractivity contribution in [2.45, 2.75) is 32.4 Å². The van der Waals surface area contributed by atoms with Gasteiger partial charge < -0.3 is 10.3 Å². The third-order valence-corrected chi connectivity index (χ3v) is 3.55. The van der Waals surface area contributed by atoms with Crippen molar-refractivity contribution >= 4 is 16.9 Å². The maximum Gasteiger partial charge on any atom is 0.220 e. The second-order valence-corrected chi connectivity index (χ2v) is 5.30. The van der Waals surface area contributed by atoms with Crippen LogP contribution in [-0.2, 0) is 11.3 Å². The van der Waals surface area contributed by atoms with E-state index in [2.05, 4.69) is 20.4 Å². The Morgan fingerprint density at radius 3 is 3.00 bits per heavy atom. The number of fused-ring (bicyclic) bond motifs is 1. The molecule has 1 atom stereocenters. The fourth-order valence-electron chi connectivity index (χ4n) is 2.39. The zero-order valence-electron chi connectivity index (χ0n) is 12.5. The first-order valence-corrected chi connectivity index (χ1v) is 7.44. The molecule has 2 N–H and O–H groups in total. The molecular weight excluding hydrogens is 278 g/mol. The van der Waals surface area contributed by atoms with Crippen molar-refractivity contribution in [1.82, 2.24) is 25.1 Å². The molecule has 2 heterocycles. The molecular formula is C16H19N5O. The van der Waals surface area contributed by atoms with Crippen LogP contribution >= 0.6 is 0 Å². The Hall–Kier alpha value is -2.63. The lowest BCUT2D eigenvalue weighted by Gasteiger charge is -2.11. The summed E-state index contributed by atoms with van der Waals surface area (Å²) < 4.78 is 1.83. The lowest BCUT2D eigenvalue weighted by Crippen LogP contribution is -2.27. The number of amides is 1. The minimum atomic E-state index is -0.135. The number of aryl methyl sites for hydroxylation is 1. The Bertz CT molecular complexity index is 714. The molecule has 0 aliphatic heterocycles. The molecule has 114 valence electrons. The maximum atomic E-state index is 12.0. The first kappa shape index (κ1) is 14.3.